The Balaban J connectivity index is 2.11. The van der Waals surface area contributed by atoms with Crippen molar-refractivity contribution in [3.63, 3.8) is 0 Å². The average Bonchev–Trinajstić information content (AvgIpc) is 3.53. The van der Waals surface area contributed by atoms with Crippen LogP contribution in [0.15, 0.2) is 24.3 Å². The molecule has 0 saturated carbocycles. The summed E-state index contributed by atoms with van der Waals surface area (Å²) in [6, 6.07) is -1.19. The average molecular weight is 1160 g/mol. The first-order chi connectivity index (χ1) is 40.2. The second-order valence-electron chi connectivity index (χ2n) is 25.3. The first-order valence-corrected chi connectivity index (χ1v) is 35.7. The van der Waals surface area contributed by atoms with E-state index in [0.717, 1.165) is 38.5 Å². The molecule has 11 nitrogen and oxygen atoms in total. The molecule has 1 aliphatic rings. The van der Waals surface area contributed by atoms with Gasteiger partial charge in [0, 0.05) is 0 Å². The van der Waals surface area contributed by atoms with Gasteiger partial charge >= 0.3 is 0 Å². The highest BCUT2D eigenvalue weighted by molar-refractivity contribution is 5.80. The van der Waals surface area contributed by atoms with Crippen LogP contribution in [0.4, 0.5) is 0 Å². The van der Waals surface area contributed by atoms with Crippen LogP contribution in [0.2, 0.25) is 0 Å². The molecule has 1 saturated heterocycles. The second kappa shape index (κ2) is 59.9. The number of carbonyl (C=O) groups is 1. The molecule has 11 heteroatoms. The van der Waals surface area contributed by atoms with Gasteiger partial charge in [0.1, 0.15) is 36.6 Å². The molecule has 9 unspecified atom stereocenters. The van der Waals surface area contributed by atoms with E-state index in [-0.39, 0.29) is 12.8 Å². The summed E-state index contributed by atoms with van der Waals surface area (Å²) < 4.78 is 11.2. The van der Waals surface area contributed by atoms with E-state index in [2.05, 4.69) is 43.5 Å². The molecule has 486 valence electrons. The largest absolute Gasteiger partial charge is 0.394 e. The van der Waals surface area contributed by atoms with Crippen molar-refractivity contribution in [2.45, 2.75) is 409 Å². The standard InChI is InChI=1S/C71H137NO10/c1-3-5-7-9-11-13-15-17-19-21-22-23-24-25-26-27-28-29-30-31-32-33-34-35-36-37-38-39-40-41-43-45-47-49-51-53-55-57-59-64(75)70(80)72-62(61-81-71-69(79)68(78)67(77)65(60-73)82-71)66(76)63(74)58-56-54-52-50-48-46-44-42-20-18-16-14-12-10-8-6-4-2/h42,44,50,52,62-69,71,73-79H,3-41,43,45-49,51,53-61H2,1-2H3,(H,72,80)/b44-42+,52-50+. The Kier molecular flexibility index (Phi) is 57.4. The SMILES string of the molecule is CCCCCCCCCC/C=C/CC/C=C/CCCC(O)C(O)C(COC1OC(CO)C(O)C(O)C1O)NC(=O)C(O)CCCCCCCCCCCCCCCCCCCCCCCCCCCCCCCCCCCCCCCC. The van der Waals surface area contributed by atoms with Crippen LogP contribution in [0.25, 0.3) is 0 Å². The molecule has 8 N–H and O–H groups in total. The minimum Gasteiger partial charge on any atom is -0.394 e. The Morgan fingerprint density at radius 2 is 0.732 bits per heavy atom. The van der Waals surface area contributed by atoms with Crippen LogP contribution in [0.3, 0.4) is 0 Å². The summed E-state index contributed by atoms with van der Waals surface area (Å²) in [5.74, 6) is -0.704. The van der Waals surface area contributed by atoms with Gasteiger partial charge in [0.15, 0.2) is 6.29 Å². The lowest BCUT2D eigenvalue weighted by Crippen LogP contribution is -2.60. The lowest BCUT2D eigenvalue weighted by Gasteiger charge is -2.40. The maximum Gasteiger partial charge on any atom is 0.249 e. The number of nitrogens with one attached hydrogen (secondary N) is 1. The van der Waals surface area contributed by atoms with Crippen molar-refractivity contribution in [2.75, 3.05) is 13.2 Å². The normalized spacial score (nSPS) is 19.2. The molecule has 1 fully saturated rings. The topological polar surface area (TPSA) is 189 Å². The number of unbranched alkanes of at least 4 members (excludes halogenated alkanes) is 47. The third-order valence-electron chi connectivity index (χ3n) is 17.5. The number of ether oxygens (including phenoxy) is 2. The molecular formula is C71H137NO10. The quantitative estimate of drug-likeness (QED) is 0.0215. The molecule has 0 spiro atoms. The van der Waals surface area contributed by atoms with Crippen LogP contribution in [-0.4, -0.2) is 110 Å². The predicted molar refractivity (Wildman–Crippen MR) is 344 cm³/mol. The number of rotatable bonds is 63. The van der Waals surface area contributed by atoms with E-state index in [1.807, 2.05) is 0 Å². The van der Waals surface area contributed by atoms with Crippen molar-refractivity contribution in [3.8, 4) is 0 Å². The summed E-state index contributed by atoms with van der Waals surface area (Å²) in [6.45, 7) is 3.48. The number of amides is 1. The highest BCUT2D eigenvalue weighted by atomic mass is 16.7. The molecule has 82 heavy (non-hydrogen) atoms. The van der Waals surface area contributed by atoms with Gasteiger partial charge in [0.2, 0.25) is 5.91 Å². The van der Waals surface area contributed by atoms with Crippen molar-refractivity contribution >= 4 is 5.91 Å². The van der Waals surface area contributed by atoms with Gasteiger partial charge in [-0.25, -0.2) is 0 Å². The molecule has 1 amide bonds. The van der Waals surface area contributed by atoms with Crippen LogP contribution in [0.1, 0.15) is 354 Å². The second-order valence-corrected chi connectivity index (χ2v) is 25.3. The maximum atomic E-state index is 13.2. The number of carbonyl (C=O) groups excluding carboxylic acids is 1. The Morgan fingerprint density at radius 3 is 1.09 bits per heavy atom. The third kappa shape index (κ3) is 46.8. The highest BCUT2D eigenvalue weighted by Gasteiger charge is 2.44. The fourth-order valence-electron chi connectivity index (χ4n) is 11.8. The third-order valence-corrected chi connectivity index (χ3v) is 17.5. The summed E-state index contributed by atoms with van der Waals surface area (Å²) in [5.41, 5.74) is 0. The van der Waals surface area contributed by atoms with Gasteiger partial charge in [-0.05, 0) is 51.4 Å². The van der Waals surface area contributed by atoms with E-state index in [1.165, 1.54) is 270 Å². The summed E-state index contributed by atoms with van der Waals surface area (Å²) in [4.78, 5) is 13.2. The van der Waals surface area contributed by atoms with E-state index >= 15 is 0 Å². The minimum absolute atomic E-state index is 0.249. The van der Waals surface area contributed by atoms with Crippen LogP contribution in [-0.2, 0) is 14.3 Å². The van der Waals surface area contributed by atoms with Crippen molar-refractivity contribution in [1.82, 2.24) is 5.32 Å². The number of hydrogen-bond donors (Lipinski definition) is 8. The van der Waals surface area contributed by atoms with Crippen LogP contribution in [0, 0.1) is 0 Å². The van der Waals surface area contributed by atoms with E-state index in [0.29, 0.717) is 19.3 Å². The number of allylic oxidation sites excluding steroid dienone is 4. The first kappa shape index (κ1) is 78.6. The fourth-order valence-corrected chi connectivity index (χ4v) is 11.8. The van der Waals surface area contributed by atoms with E-state index in [1.54, 1.807) is 0 Å². The molecule has 0 aliphatic carbocycles. The van der Waals surface area contributed by atoms with Gasteiger partial charge in [-0.3, -0.25) is 4.79 Å². The fraction of sp³-hybridized carbons (Fsp3) is 0.930. The van der Waals surface area contributed by atoms with Gasteiger partial charge < -0.3 is 50.5 Å². The summed E-state index contributed by atoms with van der Waals surface area (Å²) in [5, 5.41) is 76.3. The molecule has 0 aromatic heterocycles. The summed E-state index contributed by atoms with van der Waals surface area (Å²) >= 11 is 0. The van der Waals surface area contributed by atoms with Crippen LogP contribution in [0.5, 0.6) is 0 Å². The molecule has 0 aromatic carbocycles. The summed E-state index contributed by atoms with van der Waals surface area (Å²) in [7, 11) is 0. The molecular weight excluding hydrogens is 1030 g/mol. The van der Waals surface area contributed by atoms with Gasteiger partial charge in [-0.15, -0.1) is 0 Å². The van der Waals surface area contributed by atoms with Crippen molar-refractivity contribution in [2.24, 2.45) is 0 Å². The summed E-state index contributed by atoms with van der Waals surface area (Å²) in [6.07, 6.45) is 64.4. The predicted octanol–water partition coefficient (Wildman–Crippen LogP) is 17.2. The van der Waals surface area contributed by atoms with Gasteiger partial charge in [0.05, 0.1) is 25.4 Å². The molecule has 1 rings (SSSR count). The zero-order valence-corrected chi connectivity index (χ0v) is 53.8. The number of hydrogen-bond acceptors (Lipinski definition) is 10. The first-order valence-electron chi connectivity index (χ1n) is 35.7. The Labute approximate surface area is 505 Å². The minimum atomic E-state index is -1.67. The maximum absolute atomic E-state index is 13.2. The zero-order valence-electron chi connectivity index (χ0n) is 53.8. The van der Waals surface area contributed by atoms with Crippen molar-refractivity contribution < 1.29 is 50.0 Å². The molecule has 0 aromatic rings. The molecule has 9 atom stereocenters. The Bertz CT molecular complexity index is 1380. The number of aliphatic hydroxyl groups is 7. The van der Waals surface area contributed by atoms with Gasteiger partial charge in [-0.1, -0.05) is 327 Å². The van der Waals surface area contributed by atoms with Crippen molar-refractivity contribution in [1.29, 1.82) is 0 Å². The van der Waals surface area contributed by atoms with E-state index in [9.17, 15) is 40.5 Å². The molecule has 0 bridgehead atoms. The smallest absolute Gasteiger partial charge is 0.249 e. The van der Waals surface area contributed by atoms with Crippen LogP contribution < -0.4 is 5.32 Å². The molecule has 0 radical (unpaired) electrons. The Hall–Kier alpha value is -1.41. The van der Waals surface area contributed by atoms with E-state index < -0.39 is 74.2 Å². The highest BCUT2D eigenvalue weighted by Crippen LogP contribution is 2.24. The van der Waals surface area contributed by atoms with Crippen molar-refractivity contribution in [3.05, 3.63) is 24.3 Å². The van der Waals surface area contributed by atoms with Crippen LogP contribution >= 0.6 is 0 Å². The lowest BCUT2D eigenvalue weighted by molar-refractivity contribution is -0.303. The zero-order chi connectivity index (χ0) is 59.6. The molecule has 1 heterocycles. The van der Waals surface area contributed by atoms with Gasteiger partial charge in [-0.2, -0.15) is 0 Å². The number of aliphatic hydroxyl groups excluding tert-OH is 7. The monoisotopic (exact) mass is 1160 g/mol. The van der Waals surface area contributed by atoms with E-state index in [4.69, 9.17) is 9.47 Å². The Morgan fingerprint density at radius 1 is 0.415 bits per heavy atom. The van der Waals surface area contributed by atoms with Gasteiger partial charge in [0.25, 0.3) is 0 Å². The molecule has 1 aliphatic heterocycles. The lowest BCUT2D eigenvalue weighted by atomic mass is 9.98.